The highest BCUT2D eigenvalue weighted by Crippen LogP contribution is 2.46. The molecule has 0 bridgehead atoms. The fraction of sp³-hybridized carbons (Fsp3) is 0.562. The molecular weight excluding hydrogens is 238 g/mol. The van der Waals surface area contributed by atoms with Crippen molar-refractivity contribution in [2.75, 3.05) is 0 Å². The molecule has 1 fully saturated rings. The van der Waals surface area contributed by atoms with Crippen molar-refractivity contribution in [1.29, 1.82) is 0 Å². The maximum absolute atomic E-state index is 4.78. The first-order valence-electron chi connectivity index (χ1n) is 7.00. The van der Waals surface area contributed by atoms with Crippen molar-refractivity contribution in [1.82, 2.24) is 0 Å². The van der Waals surface area contributed by atoms with E-state index in [4.69, 9.17) is 12.2 Å². The lowest BCUT2D eigenvalue weighted by atomic mass is 9.66. The predicted molar refractivity (Wildman–Crippen MR) is 80.8 cm³/mol. The van der Waals surface area contributed by atoms with Crippen LogP contribution in [0.2, 0.25) is 0 Å². The normalized spacial score (nSPS) is 18.1. The summed E-state index contributed by atoms with van der Waals surface area (Å²) in [5.74, 6) is 0. The standard InChI is InChI=1S/C16H21NS/c1-2-10-16(11-6-3-7-12-16)14-8-4-5-9-15(14)17-13-18/h4-5,8-9H,2-3,6-7,10-12H2,1H3. The number of aliphatic imine (C=N–C) groups is 1. The molecule has 0 unspecified atom stereocenters. The van der Waals surface area contributed by atoms with Gasteiger partial charge in [-0.3, -0.25) is 0 Å². The molecule has 1 saturated carbocycles. The van der Waals surface area contributed by atoms with Crippen LogP contribution < -0.4 is 0 Å². The Morgan fingerprint density at radius 1 is 1.22 bits per heavy atom. The van der Waals surface area contributed by atoms with E-state index in [0.717, 1.165) is 5.69 Å². The lowest BCUT2D eigenvalue weighted by Gasteiger charge is -2.38. The van der Waals surface area contributed by atoms with Crippen molar-refractivity contribution in [3.8, 4) is 0 Å². The van der Waals surface area contributed by atoms with E-state index in [-0.39, 0.29) is 0 Å². The van der Waals surface area contributed by atoms with Gasteiger partial charge in [-0.1, -0.05) is 50.8 Å². The summed E-state index contributed by atoms with van der Waals surface area (Å²) in [6.45, 7) is 2.28. The zero-order chi connectivity index (χ0) is 12.8. The van der Waals surface area contributed by atoms with Crippen molar-refractivity contribution >= 4 is 23.1 Å². The van der Waals surface area contributed by atoms with Crippen LogP contribution in [0, 0.1) is 0 Å². The van der Waals surface area contributed by atoms with Crippen LogP contribution in [0.5, 0.6) is 0 Å². The van der Waals surface area contributed by atoms with Crippen LogP contribution in [-0.4, -0.2) is 5.16 Å². The SMILES string of the molecule is CCCC1(c2ccccc2N=C=S)CCCCC1. The van der Waals surface area contributed by atoms with E-state index in [1.807, 2.05) is 6.07 Å². The van der Waals surface area contributed by atoms with Gasteiger partial charge in [0, 0.05) is 0 Å². The molecule has 0 heterocycles. The minimum atomic E-state index is 0.333. The van der Waals surface area contributed by atoms with E-state index < -0.39 is 0 Å². The summed E-state index contributed by atoms with van der Waals surface area (Å²) in [4.78, 5) is 4.27. The quantitative estimate of drug-likeness (QED) is 0.519. The molecule has 0 N–H and O–H groups in total. The minimum absolute atomic E-state index is 0.333. The van der Waals surface area contributed by atoms with Crippen molar-refractivity contribution in [3.63, 3.8) is 0 Å². The summed E-state index contributed by atoms with van der Waals surface area (Å²) in [6, 6.07) is 8.48. The number of nitrogens with zero attached hydrogens (tertiary/aromatic N) is 1. The second-order valence-corrected chi connectivity index (χ2v) is 5.49. The van der Waals surface area contributed by atoms with Crippen molar-refractivity contribution in [3.05, 3.63) is 29.8 Å². The summed E-state index contributed by atoms with van der Waals surface area (Å²) in [7, 11) is 0. The van der Waals surface area contributed by atoms with Crippen LogP contribution >= 0.6 is 12.2 Å². The number of para-hydroxylation sites is 1. The van der Waals surface area contributed by atoms with Gasteiger partial charge in [0.15, 0.2) is 0 Å². The van der Waals surface area contributed by atoms with E-state index in [9.17, 15) is 0 Å². The third-order valence-electron chi connectivity index (χ3n) is 4.18. The summed E-state index contributed by atoms with van der Waals surface area (Å²) in [5, 5.41) is 2.53. The molecule has 2 heteroatoms. The molecule has 0 saturated heterocycles. The number of benzene rings is 1. The Kier molecular flexibility index (Phi) is 4.68. The molecule has 1 aromatic rings. The van der Waals surface area contributed by atoms with Crippen LogP contribution in [0.1, 0.15) is 57.4 Å². The zero-order valence-corrected chi connectivity index (χ0v) is 11.9. The molecule has 1 nitrogen and oxygen atoms in total. The fourth-order valence-corrected chi connectivity index (χ4v) is 3.53. The topological polar surface area (TPSA) is 12.4 Å². The van der Waals surface area contributed by atoms with Gasteiger partial charge in [0.1, 0.15) is 0 Å². The van der Waals surface area contributed by atoms with Crippen molar-refractivity contribution in [2.24, 2.45) is 4.99 Å². The Balaban J connectivity index is 2.44. The average molecular weight is 259 g/mol. The number of hydrogen-bond donors (Lipinski definition) is 0. The number of thiocarbonyl (C=S) groups is 1. The van der Waals surface area contributed by atoms with E-state index in [0.29, 0.717) is 5.41 Å². The maximum atomic E-state index is 4.78. The molecule has 1 aliphatic rings. The van der Waals surface area contributed by atoms with Gasteiger partial charge in [-0.2, -0.15) is 4.99 Å². The fourth-order valence-electron chi connectivity index (χ4n) is 3.43. The van der Waals surface area contributed by atoms with Crippen LogP contribution in [0.3, 0.4) is 0 Å². The highest BCUT2D eigenvalue weighted by molar-refractivity contribution is 7.78. The van der Waals surface area contributed by atoms with E-state index in [1.165, 1.54) is 50.5 Å². The number of isothiocyanates is 1. The molecule has 0 spiro atoms. The Bertz CT molecular complexity index is 435. The summed E-state index contributed by atoms with van der Waals surface area (Å²) in [5.41, 5.74) is 2.76. The highest BCUT2D eigenvalue weighted by atomic mass is 32.1. The smallest absolute Gasteiger partial charge is 0.0777 e. The van der Waals surface area contributed by atoms with Crippen LogP contribution in [0.25, 0.3) is 0 Å². The predicted octanol–water partition coefficient (Wildman–Crippen LogP) is 5.42. The monoisotopic (exact) mass is 259 g/mol. The van der Waals surface area contributed by atoms with Gasteiger partial charge in [-0.05, 0) is 48.5 Å². The summed E-state index contributed by atoms with van der Waals surface area (Å²) >= 11 is 4.78. The van der Waals surface area contributed by atoms with Crippen molar-refractivity contribution < 1.29 is 0 Å². The molecule has 1 aliphatic carbocycles. The lowest BCUT2D eigenvalue weighted by Crippen LogP contribution is -2.29. The zero-order valence-electron chi connectivity index (χ0n) is 11.1. The highest BCUT2D eigenvalue weighted by Gasteiger charge is 2.34. The number of hydrogen-bond acceptors (Lipinski definition) is 2. The Hall–Kier alpha value is -0.980. The molecule has 0 aromatic heterocycles. The Labute approximate surface area is 115 Å². The molecule has 18 heavy (non-hydrogen) atoms. The van der Waals surface area contributed by atoms with Gasteiger partial charge in [0.05, 0.1) is 10.8 Å². The second kappa shape index (κ2) is 6.26. The van der Waals surface area contributed by atoms with E-state index >= 15 is 0 Å². The first-order valence-corrected chi connectivity index (χ1v) is 7.40. The molecular formula is C16H21NS. The largest absolute Gasteiger partial charge is 0.194 e. The van der Waals surface area contributed by atoms with Gasteiger partial charge < -0.3 is 0 Å². The van der Waals surface area contributed by atoms with E-state index in [1.54, 1.807) is 0 Å². The lowest BCUT2D eigenvalue weighted by molar-refractivity contribution is 0.272. The van der Waals surface area contributed by atoms with E-state index in [2.05, 4.69) is 35.3 Å². The van der Waals surface area contributed by atoms with Crippen LogP contribution in [0.15, 0.2) is 29.3 Å². The number of rotatable bonds is 4. The second-order valence-electron chi connectivity index (χ2n) is 5.31. The molecule has 2 rings (SSSR count). The summed E-state index contributed by atoms with van der Waals surface area (Å²) in [6.07, 6.45) is 9.15. The van der Waals surface area contributed by atoms with Gasteiger partial charge in [-0.25, -0.2) is 0 Å². The average Bonchev–Trinajstić information content (AvgIpc) is 2.41. The first-order chi connectivity index (χ1) is 8.82. The molecule has 0 aliphatic heterocycles. The Morgan fingerprint density at radius 3 is 2.61 bits per heavy atom. The molecule has 96 valence electrons. The van der Waals surface area contributed by atoms with Crippen molar-refractivity contribution in [2.45, 2.75) is 57.3 Å². The van der Waals surface area contributed by atoms with Crippen LogP contribution in [-0.2, 0) is 5.41 Å². The third-order valence-corrected chi connectivity index (χ3v) is 4.27. The van der Waals surface area contributed by atoms with Gasteiger partial charge >= 0.3 is 0 Å². The molecule has 1 aromatic carbocycles. The maximum Gasteiger partial charge on any atom is 0.0777 e. The van der Waals surface area contributed by atoms with Crippen LogP contribution in [0.4, 0.5) is 5.69 Å². The molecule has 0 atom stereocenters. The minimum Gasteiger partial charge on any atom is -0.194 e. The molecule has 0 amide bonds. The van der Waals surface area contributed by atoms with Gasteiger partial charge in [0.25, 0.3) is 0 Å². The van der Waals surface area contributed by atoms with Gasteiger partial charge in [-0.15, -0.1) is 0 Å². The third kappa shape index (κ3) is 2.71. The molecule has 0 radical (unpaired) electrons. The summed E-state index contributed by atoms with van der Waals surface area (Å²) < 4.78 is 0. The Morgan fingerprint density at radius 2 is 1.94 bits per heavy atom. The van der Waals surface area contributed by atoms with Gasteiger partial charge in [0.2, 0.25) is 0 Å². The first kappa shape index (κ1) is 13.5.